The molecular weight excluding hydrogens is 268 g/mol. The number of nitrogens with zero attached hydrogens (tertiary/aromatic N) is 1. The van der Waals surface area contributed by atoms with Gasteiger partial charge in [0.15, 0.2) is 0 Å². The van der Waals surface area contributed by atoms with E-state index in [0.29, 0.717) is 18.8 Å². The van der Waals surface area contributed by atoms with Crippen LogP contribution in [0.15, 0.2) is 24.3 Å². The van der Waals surface area contributed by atoms with Gasteiger partial charge in [0.1, 0.15) is 6.54 Å². The van der Waals surface area contributed by atoms with Gasteiger partial charge >= 0.3 is 5.97 Å². The van der Waals surface area contributed by atoms with E-state index in [2.05, 4.69) is 0 Å². The van der Waals surface area contributed by atoms with Gasteiger partial charge in [-0.2, -0.15) is 0 Å². The summed E-state index contributed by atoms with van der Waals surface area (Å²) in [5.41, 5.74) is 7.18. The van der Waals surface area contributed by atoms with Gasteiger partial charge < -0.3 is 15.4 Å². The molecule has 0 radical (unpaired) electrons. The number of ether oxygens (including phenoxy) is 1. The highest BCUT2D eigenvalue weighted by atomic mass is 16.5. The number of hydrogen-bond donors (Lipinski definition) is 1. The van der Waals surface area contributed by atoms with Crippen LogP contribution in [0.2, 0.25) is 0 Å². The molecule has 0 saturated heterocycles. The molecule has 5 nitrogen and oxygen atoms in total. The third-order valence-corrected chi connectivity index (χ3v) is 2.87. The van der Waals surface area contributed by atoms with Gasteiger partial charge in [0.05, 0.1) is 13.0 Å². The molecule has 0 aromatic heterocycles. The lowest BCUT2D eigenvalue weighted by Crippen LogP contribution is -2.39. The van der Waals surface area contributed by atoms with Crippen molar-refractivity contribution in [2.45, 2.75) is 27.2 Å². The van der Waals surface area contributed by atoms with Crippen molar-refractivity contribution < 1.29 is 14.3 Å². The third kappa shape index (κ3) is 6.29. The summed E-state index contributed by atoms with van der Waals surface area (Å²) in [4.78, 5) is 25.5. The van der Waals surface area contributed by atoms with Crippen LogP contribution in [0, 0.1) is 5.92 Å². The predicted octanol–water partition coefficient (Wildman–Crippen LogP) is 1.86. The van der Waals surface area contributed by atoms with Crippen LogP contribution in [0.1, 0.15) is 26.3 Å². The molecule has 1 aromatic carbocycles. The van der Waals surface area contributed by atoms with Crippen molar-refractivity contribution in [3.8, 4) is 0 Å². The first kappa shape index (κ1) is 17.0. The largest absolute Gasteiger partial charge is 0.465 e. The Bertz CT molecular complexity index is 486. The third-order valence-electron chi connectivity index (χ3n) is 2.87. The molecule has 0 unspecified atom stereocenters. The quantitative estimate of drug-likeness (QED) is 0.615. The molecule has 0 bridgehead atoms. The summed E-state index contributed by atoms with van der Waals surface area (Å²) in [5, 5.41) is 0. The number of esters is 1. The number of benzene rings is 1. The van der Waals surface area contributed by atoms with E-state index in [9.17, 15) is 9.59 Å². The predicted molar refractivity (Wildman–Crippen MR) is 82.6 cm³/mol. The zero-order valence-electron chi connectivity index (χ0n) is 13.0. The molecule has 1 amide bonds. The van der Waals surface area contributed by atoms with Crippen molar-refractivity contribution in [3.63, 3.8) is 0 Å². The van der Waals surface area contributed by atoms with Crippen LogP contribution < -0.4 is 5.73 Å². The Labute approximate surface area is 126 Å². The van der Waals surface area contributed by atoms with Crippen LogP contribution >= 0.6 is 0 Å². The Balaban J connectivity index is 2.72. The van der Waals surface area contributed by atoms with Crippen molar-refractivity contribution in [2.75, 3.05) is 25.4 Å². The van der Waals surface area contributed by atoms with Gasteiger partial charge in [-0.1, -0.05) is 26.0 Å². The van der Waals surface area contributed by atoms with Crippen LogP contribution in [0.5, 0.6) is 0 Å². The standard InChI is InChI=1S/C16H24N2O3/c1-4-21-16(20)11-18(10-12(2)3)15(19)9-13-6-5-7-14(17)8-13/h5-8,12H,4,9-11,17H2,1-3H3. The normalized spacial score (nSPS) is 10.5. The maximum atomic E-state index is 12.4. The number of nitrogen functional groups attached to an aromatic ring is 1. The summed E-state index contributed by atoms with van der Waals surface area (Å²) < 4.78 is 4.92. The highest BCUT2D eigenvalue weighted by Crippen LogP contribution is 2.10. The van der Waals surface area contributed by atoms with Gasteiger partial charge in [0.25, 0.3) is 0 Å². The molecule has 0 spiro atoms. The summed E-state index contributed by atoms with van der Waals surface area (Å²) in [7, 11) is 0. The van der Waals surface area contributed by atoms with Crippen molar-refractivity contribution >= 4 is 17.6 Å². The lowest BCUT2D eigenvalue weighted by atomic mass is 10.1. The molecule has 0 aliphatic heterocycles. The minimum absolute atomic E-state index is 0.00678. The van der Waals surface area contributed by atoms with Gasteiger partial charge in [0, 0.05) is 12.2 Å². The number of carbonyl (C=O) groups is 2. The molecule has 5 heteroatoms. The Kier molecular flexibility index (Phi) is 6.72. The first-order valence-electron chi connectivity index (χ1n) is 7.20. The number of amides is 1. The fourth-order valence-electron chi connectivity index (χ4n) is 2.05. The molecule has 1 rings (SSSR count). The van der Waals surface area contributed by atoms with Gasteiger partial charge in [0.2, 0.25) is 5.91 Å². The fourth-order valence-corrected chi connectivity index (χ4v) is 2.05. The summed E-state index contributed by atoms with van der Waals surface area (Å²) >= 11 is 0. The Hall–Kier alpha value is -2.04. The molecule has 0 aliphatic carbocycles. The fraction of sp³-hybridized carbons (Fsp3) is 0.500. The van der Waals surface area contributed by atoms with Crippen molar-refractivity contribution in [1.29, 1.82) is 0 Å². The molecule has 1 aromatic rings. The number of anilines is 1. The Morgan fingerprint density at radius 1 is 1.33 bits per heavy atom. The number of nitrogens with two attached hydrogens (primary N) is 1. The second-order valence-corrected chi connectivity index (χ2v) is 5.39. The van der Waals surface area contributed by atoms with Crippen molar-refractivity contribution in [2.24, 2.45) is 5.92 Å². The first-order valence-corrected chi connectivity index (χ1v) is 7.20. The van der Waals surface area contributed by atoms with Crippen LogP contribution in [0.4, 0.5) is 5.69 Å². The zero-order valence-corrected chi connectivity index (χ0v) is 13.0. The lowest BCUT2D eigenvalue weighted by Gasteiger charge is -2.23. The van der Waals surface area contributed by atoms with Crippen LogP contribution in [-0.4, -0.2) is 36.5 Å². The van der Waals surface area contributed by atoms with Crippen LogP contribution in [-0.2, 0) is 20.7 Å². The topological polar surface area (TPSA) is 72.6 Å². The molecule has 0 fully saturated rings. The number of rotatable bonds is 7. The van der Waals surface area contributed by atoms with E-state index in [1.165, 1.54) is 0 Å². The number of hydrogen-bond acceptors (Lipinski definition) is 4. The van der Waals surface area contributed by atoms with E-state index in [4.69, 9.17) is 10.5 Å². The highest BCUT2D eigenvalue weighted by Gasteiger charge is 2.19. The molecule has 0 aliphatic rings. The molecule has 116 valence electrons. The highest BCUT2D eigenvalue weighted by molar-refractivity contribution is 5.83. The molecular formula is C16H24N2O3. The molecule has 0 atom stereocenters. The van der Waals surface area contributed by atoms with E-state index in [-0.39, 0.29) is 30.8 Å². The van der Waals surface area contributed by atoms with Crippen molar-refractivity contribution in [3.05, 3.63) is 29.8 Å². The average Bonchev–Trinajstić information content (AvgIpc) is 2.37. The molecule has 0 saturated carbocycles. The minimum atomic E-state index is -0.376. The maximum absolute atomic E-state index is 12.4. The summed E-state index contributed by atoms with van der Waals surface area (Å²) in [6, 6.07) is 7.22. The summed E-state index contributed by atoms with van der Waals surface area (Å²) in [6.45, 7) is 6.60. The maximum Gasteiger partial charge on any atom is 0.325 e. The number of carbonyl (C=O) groups excluding carboxylic acids is 2. The Morgan fingerprint density at radius 2 is 2.05 bits per heavy atom. The van der Waals surface area contributed by atoms with Crippen LogP contribution in [0.3, 0.4) is 0 Å². The van der Waals surface area contributed by atoms with E-state index in [1.807, 2.05) is 26.0 Å². The smallest absolute Gasteiger partial charge is 0.325 e. The van der Waals surface area contributed by atoms with Gasteiger partial charge in [-0.05, 0) is 30.5 Å². The second kappa shape index (κ2) is 8.29. The Morgan fingerprint density at radius 3 is 2.62 bits per heavy atom. The zero-order chi connectivity index (χ0) is 15.8. The van der Waals surface area contributed by atoms with Crippen LogP contribution in [0.25, 0.3) is 0 Å². The van der Waals surface area contributed by atoms with Gasteiger partial charge in [-0.3, -0.25) is 9.59 Å². The van der Waals surface area contributed by atoms with E-state index in [0.717, 1.165) is 5.56 Å². The van der Waals surface area contributed by atoms with E-state index < -0.39 is 0 Å². The minimum Gasteiger partial charge on any atom is -0.465 e. The van der Waals surface area contributed by atoms with Gasteiger partial charge in [-0.15, -0.1) is 0 Å². The first-order chi connectivity index (χ1) is 9.92. The molecule has 0 heterocycles. The van der Waals surface area contributed by atoms with Crippen molar-refractivity contribution in [1.82, 2.24) is 4.90 Å². The monoisotopic (exact) mass is 292 g/mol. The summed E-state index contributed by atoms with van der Waals surface area (Å²) in [6.07, 6.45) is 0.233. The summed E-state index contributed by atoms with van der Waals surface area (Å²) in [5.74, 6) is -0.189. The average molecular weight is 292 g/mol. The molecule has 21 heavy (non-hydrogen) atoms. The SMILES string of the molecule is CCOC(=O)CN(CC(C)C)C(=O)Cc1cccc(N)c1. The van der Waals surface area contributed by atoms with Gasteiger partial charge in [-0.25, -0.2) is 0 Å². The second-order valence-electron chi connectivity index (χ2n) is 5.39. The lowest BCUT2D eigenvalue weighted by molar-refractivity contribution is -0.149. The molecule has 2 N–H and O–H groups in total. The van der Waals surface area contributed by atoms with E-state index in [1.54, 1.807) is 24.0 Å². The van der Waals surface area contributed by atoms with E-state index >= 15 is 0 Å².